The maximum Gasteiger partial charge on any atom is 0.427 e. The first kappa shape index (κ1) is 12.2. The topological polar surface area (TPSA) is 55.6 Å². The van der Waals surface area contributed by atoms with Gasteiger partial charge in [0, 0.05) is 29.7 Å². The van der Waals surface area contributed by atoms with Gasteiger partial charge in [0.2, 0.25) is 0 Å². The molecule has 1 heterocycles. The Kier molecular flexibility index (Phi) is 3.62. The molecule has 0 aliphatic heterocycles. The van der Waals surface area contributed by atoms with Gasteiger partial charge in [-0.1, -0.05) is 18.2 Å². The summed E-state index contributed by atoms with van der Waals surface area (Å²) in [6, 6.07) is 8.01. The Labute approximate surface area is 105 Å². The van der Waals surface area contributed by atoms with Gasteiger partial charge in [0.15, 0.2) is 0 Å². The van der Waals surface area contributed by atoms with Gasteiger partial charge < -0.3 is 9.30 Å². The molecule has 2 rings (SSSR count). The van der Waals surface area contributed by atoms with Crippen molar-refractivity contribution >= 4 is 23.2 Å². The first-order chi connectivity index (χ1) is 8.72. The highest BCUT2D eigenvalue weighted by Crippen LogP contribution is 2.18. The van der Waals surface area contributed by atoms with Crippen molar-refractivity contribution in [3.63, 3.8) is 0 Å². The first-order valence-electron chi connectivity index (χ1n) is 5.72. The lowest BCUT2D eigenvalue weighted by molar-refractivity contribution is 0.152. The van der Waals surface area contributed by atoms with Gasteiger partial charge in [-0.3, -0.25) is 0 Å². The molecule has 5 nitrogen and oxygen atoms in total. The molecular weight excluding hydrogens is 230 g/mol. The van der Waals surface area contributed by atoms with Gasteiger partial charge in [-0.2, -0.15) is 5.10 Å². The lowest BCUT2D eigenvalue weighted by Crippen LogP contribution is -2.18. The number of hydrogen-bond acceptors (Lipinski definition) is 3. The highest BCUT2D eigenvalue weighted by molar-refractivity contribution is 5.99. The highest BCUT2D eigenvalue weighted by Gasteiger charge is 2.03. The van der Waals surface area contributed by atoms with Crippen LogP contribution in [0.15, 0.2) is 35.6 Å². The second-order valence-corrected chi connectivity index (χ2v) is 3.80. The molecule has 1 N–H and O–H groups in total. The third kappa shape index (κ3) is 2.51. The van der Waals surface area contributed by atoms with E-state index in [2.05, 4.69) is 10.5 Å². The molecule has 0 radical (unpaired) electrons. The molecule has 0 saturated heterocycles. The zero-order valence-corrected chi connectivity index (χ0v) is 10.4. The molecule has 0 spiro atoms. The number of aryl methyl sites for hydroxylation is 1. The largest absolute Gasteiger partial charge is 0.449 e. The summed E-state index contributed by atoms with van der Waals surface area (Å²) in [6.45, 7) is 2.07. The van der Waals surface area contributed by atoms with Crippen LogP contribution in [0.1, 0.15) is 12.5 Å². The summed E-state index contributed by atoms with van der Waals surface area (Å²) in [5.74, 6) is 0. The minimum absolute atomic E-state index is 0.329. The second kappa shape index (κ2) is 5.35. The summed E-state index contributed by atoms with van der Waals surface area (Å²) in [5.41, 5.74) is 4.37. The number of benzene rings is 1. The van der Waals surface area contributed by atoms with Crippen LogP contribution in [0.5, 0.6) is 0 Å². The Morgan fingerprint density at radius 1 is 1.50 bits per heavy atom. The first-order valence-corrected chi connectivity index (χ1v) is 5.72. The van der Waals surface area contributed by atoms with Crippen molar-refractivity contribution in [3.05, 3.63) is 36.0 Å². The molecule has 1 aromatic carbocycles. The number of amides is 1. The van der Waals surface area contributed by atoms with Gasteiger partial charge in [-0.25, -0.2) is 10.2 Å². The molecule has 1 aromatic heterocycles. The molecule has 18 heavy (non-hydrogen) atoms. The predicted molar refractivity (Wildman–Crippen MR) is 70.7 cm³/mol. The summed E-state index contributed by atoms with van der Waals surface area (Å²) < 4.78 is 6.72. The quantitative estimate of drug-likeness (QED) is 0.666. The van der Waals surface area contributed by atoms with E-state index in [-0.39, 0.29) is 0 Å². The summed E-state index contributed by atoms with van der Waals surface area (Å²) in [6.07, 6.45) is 3.02. The van der Waals surface area contributed by atoms with Crippen molar-refractivity contribution in [1.29, 1.82) is 0 Å². The smallest absolute Gasteiger partial charge is 0.427 e. The highest BCUT2D eigenvalue weighted by atomic mass is 16.5. The Morgan fingerprint density at radius 2 is 2.28 bits per heavy atom. The lowest BCUT2D eigenvalue weighted by atomic mass is 10.2. The van der Waals surface area contributed by atoms with Crippen molar-refractivity contribution in [2.75, 3.05) is 6.61 Å². The fraction of sp³-hybridized carbons (Fsp3) is 0.231. The zero-order valence-electron chi connectivity index (χ0n) is 10.4. The van der Waals surface area contributed by atoms with Crippen molar-refractivity contribution in [2.24, 2.45) is 12.1 Å². The molecule has 0 bridgehead atoms. The van der Waals surface area contributed by atoms with Gasteiger partial charge in [0.1, 0.15) is 0 Å². The van der Waals surface area contributed by atoms with E-state index < -0.39 is 6.09 Å². The SMILES string of the molecule is CCOC(=O)N/N=C\c1cn(C)c2ccccc12. The van der Waals surface area contributed by atoms with Gasteiger partial charge in [-0.15, -0.1) is 0 Å². The average molecular weight is 245 g/mol. The molecule has 0 saturated carbocycles. The van der Waals surface area contributed by atoms with Crippen LogP contribution in [0.2, 0.25) is 0 Å². The van der Waals surface area contributed by atoms with Crippen molar-refractivity contribution < 1.29 is 9.53 Å². The Bertz CT molecular complexity index is 587. The van der Waals surface area contributed by atoms with E-state index in [1.165, 1.54) is 0 Å². The van der Waals surface area contributed by atoms with Crippen LogP contribution in [-0.4, -0.2) is 23.5 Å². The molecular formula is C13H15N3O2. The fourth-order valence-corrected chi connectivity index (χ4v) is 1.79. The summed E-state index contributed by atoms with van der Waals surface area (Å²) in [4.78, 5) is 11.0. The zero-order chi connectivity index (χ0) is 13.0. The molecule has 5 heteroatoms. The van der Waals surface area contributed by atoms with E-state index in [4.69, 9.17) is 4.74 Å². The number of carbonyl (C=O) groups is 1. The number of carbonyl (C=O) groups excluding carboxylic acids is 1. The van der Waals surface area contributed by atoms with Crippen LogP contribution in [0, 0.1) is 0 Å². The van der Waals surface area contributed by atoms with Gasteiger partial charge in [-0.05, 0) is 13.0 Å². The molecule has 0 aliphatic carbocycles. The van der Waals surface area contributed by atoms with E-state index in [1.54, 1.807) is 13.1 Å². The van der Waals surface area contributed by atoms with Crippen molar-refractivity contribution in [1.82, 2.24) is 9.99 Å². The average Bonchev–Trinajstić information content (AvgIpc) is 2.68. The van der Waals surface area contributed by atoms with Crippen LogP contribution in [-0.2, 0) is 11.8 Å². The number of ether oxygens (including phenoxy) is 1. The minimum Gasteiger partial charge on any atom is -0.449 e. The number of rotatable bonds is 3. The van der Waals surface area contributed by atoms with E-state index >= 15 is 0 Å². The molecule has 0 fully saturated rings. The second-order valence-electron chi connectivity index (χ2n) is 3.80. The number of nitrogens with zero attached hydrogens (tertiary/aromatic N) is 2. The van der Waals surface area contributed by atoms with E-state index in [1.807, 2.05) is 42.1 Å². The third-order valence-corrected chi connectivity index (χ3v) is 2.56. The molecule has 2 aromatic rings. The Hall–Kier alpha value is -2.30. The van der Waals surface area contributed by atoms with Crippen molar-refractivity contribution in [2.45, 2.75) is 6.92 Å². The lowest BCUT2D eigenvalue weighted by Gasteiger charge is -1.98. The Morgan fingerprint density at radius 3 is 3.06 bits per heavy atom. The standard InChI is InChI=1S/C13H15N3O2/c1-3-18-13(17)15-14-8-10-9-16(2)12-7-5-4-6-11(10)12/h4-9H,3H2,1-2H3,(H,15,17)/b14-8-. The normalized spacial score (nSPS) is 11.0. The maximum absolute atomic E-state index is 11.0. The Balaban J connectivity index is 2.17. The molecule has 1 amide bonds. The molecule has 94 valence electrons. The number of hydrazone groups is 1. The number of para-hydroxylation sites is 1. The predicted octanol–water partition coefficient (Wildman–Crippen LogP) is 2.26. The number of fused-ring (bicyclic) bond motifs is 1. The van der Waals surface area contributed by atoms with Gasteiger partial charge in [0.05, 0.1) is 12.8 Å². The maximum atomic E-state index is 11.0. The van der Waals surface area contributed by atoms with Crippen LogP contribution < -0.4 is 5.43 Å². The monoisotopic (exact) mass is 245 g/mol. The van der Waals surface area contributed by atoms with E-state index in [9.17, 15) is 4.79 Å². The summed E-state index contributed by atoms with van der Waals surface area (Å²) >= 11 is 0. The number of nitrogens with one attached hydrogen (secondary N) is 1. The van der Waals surface area contributed by atoms with Crippen LogP contribution in [0.3, 0.4) is 0 Å². The molecule has 0 aliphatic rings. The van der Waals surface area contributed by atoms with E-state index in [0.717, 1.165) is 16.5 Å². The summed E-state index contributed by atoms with van der Waals surface area (Å²) in [5, 5.41) is 4.95. The van der Waals surface area contributed by atoms with Gasteiger partial charge in [0.25, 0.3) is 0 Å². The van der Waals surface area contributed by atoms with Crippen LogP contribution >= 0.6 is 0 Å². The molecule has 0 unspecified atom stereocenters. The summed E-state index contributed by atoms with van der Waals surface area (Å²) in [7, 11) is 1.97. The van der Waals surface area contributed by atoms with E-state index in [0.29, 0.717) is 6.61 Å². The van der Waals surface area contributed by atoms with Gasteiger partial charge >= 0.3 is 6.09 Å². The third-order valence-electron chi connectivity index (χ3n) is 2.56. The van der Waals surface area contributed by atoms with Crippen molar-refractivity contribution in [3.8, 4) is 0 Å². The van der Waals surface area contributed by atoms with Crippen LogP contribution in [0.4, 0.5) is 4.79 Å². The fourth-order valence-electron chi connectivity index (χ4n) is 1.79. The van der Waals surface area contributed by atoms with Crippen LogP contribution in [0.25, 0.3) is 10.9 Å². The number of aromatic nitrogens is 1. The minimum atomic E-state index is -0.547. The number of hydrogen-bond donors (Lipinski definition) is 1. The molecule has 0 atom stereocenters.